The van der Waals surface area contributed by atoms with Crippen molar-refractivity contribution in [3.63, 3.8) is 0 Å². The molecular weight excluding hydrogens is 318 g/mol. The summed E-state index contributed by atoms with van der Waals surface area (Å²) in [6, 6.07) is 3.83. The van der Waals surface area contributed by atoms with Crippen molar-refractivity contribution in [1.29, 1.82) is 0 Å². The van der Waals surface area contributed by atoms with Crippen LogP contribution in [-0.4, -0.2) is 70.7 Å². The number of aliphatic hydroxyl groups is 1. The van der Waals surface area contributed by atoms with Crippen LogP contribution in [0.2, 0.25) is 0 Å². The zero-order valence-corrected chi connectivity index (χ0v) is 15.2. The minimum Gasteiger partial charge on any atom is -0.477 e. The van der Waals surface area contributed by atoms with Crippen molar-refractivity contribution in [1.82, 2.24) is 14.8 Å². The molecule has 1 saturated heterocycles. The quantitative estimate of drug-likeness (QED) is 0.880. The van der Waals surface area contributed by atoms with Gasteiger partial charge in [-0.25, -0.2) is 4.98 Å². The summed E-state index contributed by atoms with van der Waals surface area (Å²) in [5, 5.41) is 10.1. The molecule has 2 atom stereocenters. The van der Waals surface area contributed by atoms with E-state index in [1.54, 1.807) is 18.3 Å². The third-order valence-electron chi connectivity index (χ3n) is 5.07. The molecule has 2 heterocycles. The predicted octanol–water partition coefficient (Wildman–Crippen LogP) is 1.79. The molecule has 0 bridgehead atoms. The van der Waals surface area contributed by atoms with E-state index >= 15 is 0 Å². The van der Waals surface area contributed by atoms with Crippen LogP contribution in [-0.2, 0) is 0 Å². The zero-order chi connectivity index (χ0) is 17.8. The normalized spacial score (nSPS) is 24.7. The van der Waals surface area contributed by atoms with Gasteiger partial charge in [0.15, 0.2) is 0 Å². The van der Waals surface area contributed by atoms with Crippen LogP contribution in [0.25, 0.3) is 0 Å². The van der Waals surface area contributed by atoms with Gasteiger partial charge in [-0.2, -0.15) is 0 Å². The number of carbonyl (C=O) groups is 1. The molecule has 1 N–H and O–H groups in total. The van der Waals surface area contributed by atoms with E-state index in [1.807, 2.05) is 4.90 Å². The highest BCUT2D eigenvalue weighted by molar-refractivity contribution is 5.96. The number of aromatic nitrogens is 1. The number of ether oxygens (including phenoxy) is 1. The van der Waals surface area contributed by atoms with Crippen LogP contribution in [0.5, 0.6) is 5.88 Å². The van der Waals surface area contributed by atoms with E-state index in [0.717, 1.165) is 32.4 Å². The van der Waals surface area contributed by atoms with Gasteiger partial charge in [0, 0.05) is 38.4 Å². The molecule has 1 aliphatic carbocycles. The molecule has 6 nitrogen and oxygen atoms in total. The third-order valence-corrected chi connectivity index (χ3v) is 5.07. The van der Waals surface area contributed by atoms with Gasteiger partial charge >= 0.3 is 0 Å². The minimum absolute atomic E-state index is 0.0153. The Balaban J connectivity index is 1.61. The van der Waals surface area contributed by atoms with E-state index in [1.165, 1.54) is 0 Å². The van der Waals surface area contributed by atoms with Gasteiger partial charge in [-0.1, -0.05) is 13.8 Å². The molecule has 1 aromatic heterocycles. The molecule has 1 saturated carbocycles. The van der Waals surface area contributed by atoms with E-state index in [2.05, 4.69) is 23.7 Å². The number of carbonyl (C=O) groups excluding carboxylic acids is 1. The predicted molar refractivity (Wildman–Crippen MR) is 95.7 cm³/mol. The molecule has 2 fully saturated rings. The van der Waals surface area contributed by atoms with Crippen LogP contribution in [0.4, 0.5) is 0 Å². The first-order valence-electron chi connectivity index (χ1n) is 9.35. The highest BCUT2D eigenvalue weighted by Gasteiger charge is 2.33. The summed E-state index contributed by atoms with van der Waals surface area (Å²) in [6.45, 7) is 7.68. The van der Waals surface area contributed by atoms with Crippen molar-refractivity contribution in [3.05, 3.63) is 23.9 Å². The van der Waals surface area contributed by atoms with Crippen molar-refractivity contribution < 1.29 is 14.6 Å². The summed E-state index contributed by atoms with van der Waals surface area (Å²) in [4.78, 5) is 21.3. The van der Waals surface area contributed by atoms with Crippen LogP contribution in [0.3, 0.4) is 0 Å². The second-order valence-corrected chi connectivity index (χ2v) is 7.45. The van der Waals surface area contributed by atoms with Crippen LogP contribution in [0.1, 0.15) is 43.5 Å². The fourth-order valence-corrected chi connectivity index (χ4v) is 3.69. The van der Waals surface area contributed by atoms with Gasteiger partial charge in [-0.3, -0.25) is 9.69 Å². The standard InChI is InChI=1S/C19H29N3O3/c1-14(2)13-25-18-15(5-4-8-20-18)19(24)22-11-9-21(10-12-22)16-6-3-7-17(16)23/h4-5,8,14,16-17,23H,3,6-7,9-13H2,1-2H3/t16-,17+/m1/s1. The van der Waals surface area contributed by atoms with Gasteiger partial charge in [0.1, 0.15) is 5.56 Å². The Bertz CT molecular complexity index is 585. The molecule has 138 valence electrons. The minimum atomic E-state index is -0.211. The first-order chi connectivity index (χ1) is 12.1. The zero-order valence-electron chi connectivity index (χ0n) is 15.2. The number of nitrogens with zero attached hydrogens (tertiary/aromatic N) is 3. The Kier molecular flexibility index (Phi) is 5.91. The Morgan fingerprint density at radius 3 is 2.72 bits per heavy atom. The van der Waals surface area contributed by atoms with Crippen molar-refractivity contribution in [3.8, 4) is 5.88 Å². The monoisotopic (exact) mass is 347 g/mol. The Morgan fingerprint density at radius 2 is 2.08 bits per heavy atom. The lowest BCUT2D eigenvalue weighted by Gasteiger charge is -2.39. The highest BCUT2D eigenvalue weighted by Crippen LogP contribution is 2.26. The molecule has 0 aromatic carbocycles. The summed E-state index contributed by atoms with van der Waals surface area (Å²) in [5.74, 6) is 0.791. The Labute approximate surface area is 149 Å². The summed E-state index contributed by atoms with van der Waals surface area (Å²) >= 11 is 0. The molecule has 3 rings (SSSR count). The van der Waals surface area contributed by atoms with Gasteiger partial charge in [0.2, 0.25) is 5.88 Å². The van der Waals surface area contributed by atoms with E-state index in [4.69, 9.17) is 4.74 Å². The molecule has 0 unspecified atom stereocenters. The molecule has 0 spiro atoms. The summed E-state index contributed by atoms with van der Waals surface area (Å²) < 4.78 is 5.72. The maximum Gasteiger partial charge on any atom is 0.259 e. The van der Waals surface area contributed by atoms with E-state index in [9.17, 15) is 9.90 Å². The number of hydrogen-bond donors (Lipinski definition) is 1. The SMILES string of the molecule is CC(C)COc1ncccc1C(=O)N1CCN([C@@H]2CCC[C@@H]2O)CC1. The van der Waals surface area contributed by atoms with Crippen molar-refractivity contribution in [2.45, 2.75) is 45.3 Å². The lowest BCUT2D eigenvalue weighted by atomic mass is 10.1. The lowest BCUT2D eigenvalue weighted by Crippen LogP contribution is -2.53. The second-order valence-electron chi connectivity index (χ2n) is 7.45. The van der Waals surface area contributed by atoms with E-state index in [0.29, 0.717) is 37.1 Å². The topological polar surface area (TPSA) is 65.9 Å². The summed E-state index contributed by atoms with van der Waals surface area (Å²) in [5.41, 5.74) is 0.539. The number of pyridine rings is 1. The number of hydrogen-bond acceptors (Lipinski definition) is 5. The van der Waals surface area contributed by atoms with E-state index < -0.39 is 0 Å². The molecule has 6 heteroatoms. The molecule has 2 aliphatic rings. The second kappa shape index (κ2) is 8.15. The van der Waals surface area contributed by atoms with Gasteiger partial charge in [0.25, 0.3) is 5.91 Å². The van der Waals surface area contributed by atoms with Gasteiger partial charge in [-0.15, -0.1) is 0 Å². The Morgan fingerprint density at radius 1 is 1.32 bits per heavy atom. The average Bonchev–Trinajstić information content (AvgIpc) is 3.06. The smallest absolute Gasteiger partial charge is 0.259 e. The molecule has 0 radical (unpaired) electrons. The van der Waals surface area contributed by atoms with Gasteiger partial charge < -0.3 is 14.7 Å². The Hall–Kier alpha value is -1.66. The maximum absolute atomic E-state index is 12.9. The van der Waals surface area contributed by atoms with Crippen molar-refractivity contribution >= 4 is 5.91 Å². The first-order valence-corrected chi connectivity index (χ1v) is 9.35. The van der Waals surface area contributed by atoms with Crippen LogP contribution in [0.15, 0.2) is 18.3 Å². The van der Waals surface area contributed by atoms with Crippen LogP contribution < -0.4 is 4.74 Å². The van der Waals surface area contributed by atoms with Crippen LogP contribution >= 0.6 is 0 Å². The first kappa shape index (κ1) is 18.1. The van der Waals surface area contributed by atoms with Crippen LogP contribution in [0, 0.1) is 5.92 Å². The number of amides is 1. The van der Waals surface area contributed by atoms with Gasteiger partial charge in [0.05, 0.1) is 12.7 Å². The maximum atomic E-state index is 12.9. The average molecular weight is 347 g/mol. The fraction of sp³-hybridized carbons (Fsp3) is 0.684. The van der Waals surface area contributed by atoms with Crippen molar-refractivity contribution in [2.75, 3.05) is 32.8 Å². The van der Waals surface area contributed by atoms with Crippen molar-refractivity contribution in [2.24, 2.45) is 5.92 Å². The molecular formula is C19H29N3O3. The number of rotatable bonds is 5. The van der Waals surface area contributed by atoms with Gasteiger partial charge in [-0.05, 0) is 37.3 Å². The number of aliphatic hydroxyl groups excluding tert-OH is 1. The molecule has 1 amide bonds. The summed E-state index contributed by atoms with van der Waals surface area (Å²) in [7, 11) is 0. The summed E-state index contributed by atoms with van der Waals surface area (Å²) in [6.07, 6.45) is 4.50. The fourth-order valence-electron chi connectivity index (χ4n) is 3.69. The van der Waals surface area contributed by atoms with E-state index in [-0.39, 0.29) is 18.1 Å². The molecule has 1 aliphatic heterocycles. The lowest BCUT2D eigenvalue weighted by molar-refractivity contribution is 0.0313. The highest BCUT2D eigenvalue weighted by atomic mass is 16.5. The number of piperazine rings is 1. The molecule has 25 heavy (non-hydrogen) atoms. The largest absolute Gasteiger partial charge is 0.477 e. The molecule has 1 aromatic rings. The third kappa shape index (κ3) is 4.30.